The highest BCUT2D eigenvalue weighted by Crippen LogP contribution is 2.05. The SMILES string of the molecule is CC(CN)C(=O)Nc1cc[nH]c1. The van der Waals surface area contributed by atoms with Crippen LogP contribution in [0, 0.1) is 5.92 Å². The Morgan fingerprint density at radius 3 is 3.08 bits per heavy atom. The first-order chi connectivity index (χ1) is 5.74. The van der Waals surface area contributed by atoms with Gasteiger partial charge in [-0.2, -0.15) is 0 Å². The molecule has 12 heavy (non-hydrogen) atoms. The third-order valence-electron chi connectivity index (χ3n) is 1.67. The molecule has 0 aliphatic heterocycles. The van der Waals surface area contributed by atoms with E-state index in [1.165, 1.54) is 0 Å². The Morgan fingerprint density at radius 2 is 2.58 bits per heavy atom. The van der Waals surface area contributed by atoms with Crippen LogP contribution < -0.4 is 11.1 Å². The highest BCUT2D eigenvalue weighted by molar-refractivity contribution is 5.92. The minimum Gasteiger partial charge on any atom is -0.366 e. The van der Waals surface area contributed by atoms with Crippen LogP contribution in [0.4, 0.5) is 5.69 Å². The highest BCUT2D eigenvalue weighted by Gasteiger charge is 2.10. The van der Waals surface area contributed by atoms with Gasteiger partial charge in [-0.05, 0) is 6.07 Å². The van der Waals surface area contributed by atoms with Crippen molar-refractivity contribution in [1.82, 2.24) is 4.98 Å². The van der Waals surface area contributed by atoms with E-state index in [0.717, 1.165) is 5.69 Å². The Balaban J connectivity index is 2.47. The monoisotopic (exact) mass is 167 g/mol. The maximum Gasteiger partial charge on any atom is 0.228 e. The standard InChI is InChI=1S/C8H13N3O/c1-6(4-9)8(12)11-7-2-3-10-5-7/h2-3,5-6,10H,4,9H2,1H3,(H,11,12). The third kappa shape index (κ3) is 2.10. The van der Waals surface area contributed by atoms with Crippen LogP contribution in [0.1, 0.15) is 6.92 Å². The fourth-order valence-corrected chi connectivity index (χ4v) is 0.774. The van der Waals surface area contributed by atoms with Crippen molar-refractivity contribution in [2.75, 3.05) is 11.9 Å². The van der Waals surface area contributed by atoms with Crippen LogP contribution in [0.25, 0.3) is 0 Å². The molecule has 1 atom stereocenters. The molecule has 1 rings (SSSR count). The molecule has 1 aromatic heterocycles. The minimum atomic E-state index is -0.139. The van der Waals surface area contributed by atoms with Crippen LogP contribution in [0.2, 0.25) is 0 Å². The first-order valence-electron chi connectivity index (χ1n) is 3.87. The largest absolute Gasteiger partial charge is 0.366 e. The smallest absolute Gasteiger partial charge is 0.228 e. The predicted octanol–water partition coefficient (Wildman–Crippen LogP) is 0.548. The molecule has 0 saturated heterocycles. The van der Waals surface area contributed by atoms with Crippen LogP contribution in [0.5, 0.6) is 0 Å². The van der Waals surface area contributed by atoms with Gasteiger partial charge in [0.2, 0.25) is 5.91 Å². The van der Waals surface area contributed by atoms with Gasteiger partial charge >= 0.3 is 0 Å². The number of H-pyrrole nitrogens is 1. The highest BCUT2D eigenvalue weighted by atomic mass is 16.1. The van der Waals surface area contributed by atoms with E-state index in [0.29, 0.717) is 6.54 Å². The molecule has 4 nitrogen and oxygen atoms in total. The zero-order chi connectivity index (χ0) is 8.97. The van der Waals surface area contributed by atoms with Crippen molar-refractivity contribution in [3.05, 3.63) is 18.5 Å². The van der Waals surface area contributed by atoms with E-state index in [4.69, 9.17) is 5.73 Å². The van der Waals surface area contributed by atoms with Crippen molar-refractivity contribution in [1.29, 1.82) is 0 Å². The quantitative estimate of drug-likeness (QED) is 0.615. The van der Waals surface area contributed by atoms with Crippen molar-refractivity contribution in [3.63, 3.8) is 0 Å². The number of nitrogens with two attached hydrogens (primary N) is 1. The topological polar surface area (TPSA) is 70.9 Å². The number of carbonyl (C=O) groups excluding carboxylic acids is 1. The molecule has 4 heteroatoms. The molecule has 0 radical (unpaired) electrons. The molecule has 0 saturated carbocycles. The Bertz CT molecular complexity index is 243. The van der Waals surface area contributed by atoms with Crippen LogP contribution in [0.15, 0.2) is 18.5 Å². The van der Waals surface area contributed by atoms with Gasteiger partial charge in [0.05, 0.1) is 5.69 Å². The number of anilines is 1. The lowest BCUT2D eigenvalue weighted by molar-refractivity contribution is -0.119. The Labute approximate surface area is 71.2 Å². The van der Waals surface area contributed by atoms with Crippen LogP contribution in [-0.4, -0.2) is 17.4 Å². The Hall–Kier alpha value is -1.29. The number of hydrogen-bond donors (Lipinski definition) is 3. The summed E-state index contributed by atoms with van der Waals surface area (Å²) in [6.07, 6.45) is 3.48. The lowest BCUT2D eigenvalue weighted by Crippen LogP contribution is -2.26. The maximum atomic E-state index is 11.2. The van der Waals surface area contributed by atoms with Gasteiger partial charge in [-0.3, -0.25) is 4.79 Å². The van der Waals surface area contributed by atoms with E-state index in [2.05, 4.69) is 10.3 Å². The molecule has 1 heterocycles. The molecule has 0 spiro atoms. The Morgan fingerprint density at radius 1 is 1.83 bits per heavy atom. The summed E-state index contributed by atoms with van der Waals surface area (Å²) in [6, 6.07) is 1.79. The summed E-state index contributed by atoms with van der Waals surface area (Å²) in [7, 11) is 0. The molecule has 1 amide bonds. The fraction of sp³-hybridized carbons (Fsp3) is 0.375. The van der Waals surface area contributed by atoms with Gasteiger partial charge in [-0.25, -0.2) is 0 Å². The van der Waals surface area contributed by atoms with Crippen molar-refractivity contribution in [2.45, 2.75) is 6.92 Å². The molecule has 66 valence electrons. The summed E-state index contributed by atoms with van der Waals surface area (Å²) in [5, 5.41) is 2.72. The fourth-order valence-electron chi connectivity index (χ4n) is 0.774. The molecule has 4 N–H and O–H groups in total. The maximum absolute atomic E-state index is 11.2. The van der Waals surface area contributed by atoms with E-state index in [9.17, 15) is 4.79 Å². The number of hydrogen-bond acceptors (Lipinski definition) is 2. The van der Waals surface area contributed by atoms with Crippen molar-refractivity contribution >= 4 is 11.6 Å². The van der Waals surface area contributed by atoms with E-state index < -0.39 is 0 Å². The summed E-state index contributed by atoms with van der Waals surface area (Å²) < 4.78 is 0. The molecular formula is C8H13N3O. The van der Waals surface area contributed by atoms with Gasteiger partial charge in [-0.1, -0.05) is 6.92 Å². The first-order valence-corrected chi connectivity index (χ1v) is 3.87. The zero-order valence-corrected chi connectivity index (χ0v) is 7.00. The zero-order valence-electron chi connectivity index (χ0n) is 7.00. The number of nitrogens with one attached hydrogen (secondary N) is 2. The molecule has 0 fully saturated rings. The van der Waals surface area contributed by atoms with E-state index in [1.54, 1.807) is 25.4 Å². The number of amides is 1. The van der Waals surface area contributed by atoms with Crippen LogP contribution in [-0.2, 0) is 4.79 Å². The second-order valence-corrected chi connectivity index (χ2v) is 2.73. The lowest BCUT2D eigenvalue weighted by atomic mass is 10.2. The van der Waals surface area contributed by atoms with E-state index in [1.807, 2.05) is 0 Å². The van der Waals surface area contributed by atoms with Crippen molar-refractivity contribution in [3.8, 4) is 0 Å². The lowest BCUT2D eigenvalue weighted by Gasteiger charge is -2.07. The second kappa shape index (κ2) is 3.92. The van der Waals surface area contributed by atoms with E-state index >= 15 is 0 Å². The van der Waals surface area contributed by atoms with Gasteiger partial charge < -0.3 is 16.0 Å². The summed E-state index contributed by atoms with van der Waals surface area (Å²) in [4.78, 5) is 14.1. The Kier molecular flexibility index (Phi) is 2.88. The first kappa shape index (κ1) is 8.80. The molecule has 1 aromatic rings. The molecule has 0 aliphatic carbocycles. The normalized spacial score (nSPS) is 12.5. The average molecular weight is 167 g/mol. The number of aromatic amines is 1. The minimum absolute atomic E-state index is 0.0444. The van der Waals surface area contributed by atoms with Crippen molar-refractivity contribution < 1.29 is 4.79 Å². The number of aromatic nitrogens is 1. The van der Waals surface area contributed by atoms with Crippen LogP contribution in [0.3, 0.4) is 0 Å². The van der Waals surface area contributed by atoms with Gasteiger partial charge in [0, 0.05) is 24.9 Å². The van der Waals surface area contributed by atoms with Gasteiger partial charge in [0.15, 0.2) is 0 Å². The summed E-state index contributed by atoms with van der Waals surface area (Å²) in [5.41, 5.74) is 6.11. The summed E-state index contributed by atoms with van der Waals surface area (Å²) >= 11 is 0. The second-order valence-electron chi connectivity index (χ2n) is 2.73. The van der Waals surface area contributed by atoms with Gasteiger partial charge in [-0.15, -0.1) is 0 Å². The molecular weight excluding hydrogens is 154 g/mol. The molecule has 0 bridgehead atoms. The van der Waals surface area contributed by atoms with Gasteiger partial charge in [0.1, 0.15) is 0 Å². The molecule has 0 aliphatic rings. The van der Waals surface area contributed by atoms with E-state index in [-0.39, 0.29) is 11.8 Å². The van der Waals surface area contributed by atoms with Crippen LogP contribution >= 0.6 is 0 Å². The average Bonchev–Trinajstić information content (AvgIpc) is 2.55. The van der Waals surface area contributed by atoms with Gasteiger partial charge in [0.25, 0.3) is 0 Å². The molecule has 1 unspecified atom stereocenters. The summed E-state index contributed by atoms with van der Waals surface area (Å²) in [6.45, 7) is 2.16. The predicted molar refractivity (Wildman–Crippen MR) is 47.6 cm³/mol. The number of rotatable bonds is 3. The number of carbonyl (C=O) groups is 1. The molecule has 0 aromatic carbocycles. The third-order valence-corrected chi connectivity index (χ3v) is 1.67. The van der Waals surface area contributed by atoms with Crippen molar-refractivity contribution in [2.24, 2.45) is 11.7 Å². The summed E-state index contributed by atoms with van der Waals surface area (Å²) in [5.74, 6) is -0.183.